The summed E-state index contributed by atoms with van der Waals surface area (Å²) in [7, 11) is 0. The van der Waals surface area contributed by atoms with Crippen molar-refractivity contribution in [1.82, 2.24) is 14.4 Å². The average Bonchev–Trinajstić information content (AvgIpc) is 3.06. The van der Waals surface area contributed by atoms with Crippen LogP contribution in [0, 0.1) is 13.8 Å². The number of aromatic amines is 1. The van der Waals surface area contributed by atoms with Crippen LogP contribution >= 0.6 is 11.3 Å². The van der Waals surface area contributed by atoms with Crippen LogP contribution in [-0.2, 0) is 0 Å². The Morgan fingerprint density at radius 2 is 2.05 bits per heavy atom. The van der Waals surface area contributed by atoms with Crippen LogP contribution in [0.5, 0.6) is 0 Å². The molecule has 94 valence electrons. The van der Waals surface area contributed by atoms with Crippen LogP contribution < -0.4 is 0 Å². The molecule has 0 aliphatic heterocycles. The molecule has 0 saturated carbocycles. The van der Waals surface area contributed by atoms with E-state index in [1.54, 1.807) is 11.3 Å². The summed E-state index contributed by atoms with van der Waals surface area (Å²) >= 11 is 1.74. The van der Waals surface area contributed by atoms with E-state index in [2.05, 4.69) is 47.6 Å². The lowest BCUT2D eigenvalue weighted by atomic mass is 10.1. The van der Waals surface area contributed by atoms with Crippen LogP contribution in [0.3, 0.4) is 0 Å². The third-order valence-corrected chi connectivity index (χ3v) is 4.73. The van der Waals surface area contributed by atoms with Crippen molar-refractivity contribution in [3.05, 3.63) is 47.2 Å². The molecule has 4 rings (SSSR count). The molecule has 0 unspecified atom stereocenters. The van der Waals surface area contributed by atoms with Gasteiger partial charge in [0, 0.05) is 39.4 Å². The van der Waals surface area contributed by atoms with Crippen molar-refractivity contribution in [2.24, 2.45) is 0 Å². The van der Waals surface area contributed by atoms with Gasteiger partial charge in [0.2, 0.25) is 0 Å². The molecule has 0 atom stereocenters. The molecule has 3 nitrogen and oxygen atoms in total. The Balaban J connectivity index is 1.99. The summed E-state index contributed by atoms with van der Waals surface area (Å²) in [6.45, 7) is 4.28. The van der Waals surface area contributed by atoms with E-state index in [-0.39, 0.29) is 0 Å². The maximum Gasteiger partial charge on any atom is 0.194 e. The number of nitrogens with zero attached hydrogens (tertiary/aromatic N) is 2. The standard InChI is InChI=1S/C15H13N3S/c1-9-10(2)19-15-17-14(8-18(9)15)12-7-16-13-6-4-3-5-11(12)13/h3-8,16H,1-2H3. The highest BCUT2D eigenvalue weighted by Gasteiger charge is 2.12. The first-order valence-electron chi connectivity index (χ1n) is 6.25. The number of benzene rings is 1. The summed E-state index contributed by atoms with van der Waals surface area (Å²) < 4.78 is 2.18. The van der Waals surface area contributed by atoms with Crippen LogP contribution in [0.25, 0.3) is 27.1 Å². The Kier molecular flexibility index (Phi) is 2.11. The molecule has 4 heteroatoms. The predicted octanol–water partition coefficient (Wildman–Crippen LogP) is 4.16. The molecule has 1 N–H and O–H groups in total. The van der Waals surface area contributed by atoms with Crippen LogP contribution in [0.2, 0.25) is 0 Å². The zero-order valence-electron chi connectivity index (χ0n) is 10.8. The number of rotatable bonds is 1. The van der Waals surface area contributed by atoms with E-state index in [1.165, 1.54) is 21.5 Å². The number of aromatic nitrogens is 3. The van der Waals surface area contributed by atoms with Crippen molar-refractivity contribution in [3.8, 4) is 11.3 Å². The number of H-pyrrole nitrogens is 1. The Morgan fingerprint density at radius 3 is 2.89 bits per heavy atom. The fraction of sp³-hybridized carbons (Fsp3) is 0.133. The number of aryl methyl sites for hydroxylation is 2. The van der Waals surface area contributed by atoms with Gasteiger partial charge in [-0.2, -0.15) is 0 Å². The monoisotopic (exact) mass is 267 g/mol. The molecule has 0 amide bonds. The van der Waals surface area contributed by atoms with E-state index in [0.717, 1.165) is 16.2 Å². The third-order valence-electron chi connectivity index (χ3n) is 3.65. The SMILES string of the molecule is Cc1sc2nc(-c3c[nH]c4ccccc34)cn2c1C. The molecule has 3 aromatic heterocycles. The first kappa shape index (κ1) is 10.8. The number of nitrogens with one attached hydrogen (secondary N) is 1. The number of para-hydroxylation sites is 1. The second-order valence-corrected chi connectivity index (χ2v) is 5.95. The lowest BCUT2D eigenvalue weighted by molar-refractivity contribution is 1.11. The van der Waals surface area contributed by atoms with Gasteiger partial charge in [0.15, 0.2) is 4.96 Å². The zero-order valence-corrected chi connectivity index (χ0v) is 11.6. The normalized spacial score (nSPS) is 11.7. The van der Waals surface area contributed by atoms with Crippen molar-refractivity contribution in [2.75, 3.05) is 0 Å². The Labute approximate surface area is 114 Å². The van der Waals surface area contributed by atoms with Crippen molar-refractivity contribution < 1.29 is 0 Å². The second kappa shape index (κ2) is 3.71. The largest absolute Gasteiger partial charge is 0.360 e. The predicted molar refractivity (Wildman–Crippen MR) is 79.8 cm³/mol. The molecule has 0 aliphatic carbocycles. The number of fused-ring (bicyclic) bond motifs is 2. The zero-order chi connectivity index (χ0) is 13.0. The molecule has 0 saturated heterocycles. The first-order chi connectivity index (χ1) is 9.24. The maximum atomic E-state index is 4.75. The minimum atomic E-state index is 1.03. The van der Waals surface area contributed by atoms with Crippen molar-refractivity contribution in [2.45, 2.75) is 13.8 Å². The van der Waals surface area contributed by atoms with Crippen LogP contribution in [0.4, 0.5) is 0 Å². The summed E-state index contributed by atoms with van der Waals surface area (Å²) in [6.07, 6.45) is 4.17. The lowest BCUT2D eigenvalue weighted by Gasteiger charge is -1.94. The van der Waals surface area contributed by atoms with Crippen LogP contribution in [-0.4, -0.2) is 14.4 Å². The number of imidazole rings is 1. The Morgan fingerprint density at radius 1 is 1.21 bits per heavy atom. The van der Waals surface area contributed by atoms with Gasteiger partial charge in [0.05, 0.1) is 5.69 Å². The quantitative estimate of drug-likeness (QED) is 0.552. The van der Waals surface area contributed by atoms with Gasteiger partial charge in [-0.1, -0.05) is 18.2 Å². The van der Waals surface area contributed by atoms with E-state index < -0.39 is 0 Å². The van der Waals surface area contributed by atoms with Crippen molar-refractivity contribution in [3.63, 3.8) is 0 Å². The van der Waals surface area contributed by atoms with E-state index >= 15 is 0 Å². The highest BCUT2D eigenvalue weighted by molar-refractivity contribution is 7.17. The van der Waals surface area contributed by atoms with E-state index in [4.69, 9.17) is 4.98 Å². The highest BCUT2D eigenvalue weighted by atomic mass is 32.1. The highest BCUT2D eigenvalue weighted by Crippen LogP contribution is 2.30. The number of thiazole rings is 1. The van der Waals surface area contributed by atoms with Gasteiger partial charge >= 0.3 is 0 Å². The van der Waals surface area contributed by atoms with E-state index in [9.17, 15) is 0 Å². The molecular formula is C15H13N3S. The van der Waals surface area contributed by atoms with Crippen LogP contribution in [0.1, 0.15) is 10.6 Å². The minimum absolute atomic E-state index is 1.03. The molecule has 0 radical (unpaired) electrons. The van der Waals surface area contributed by atoms with Crippen molar-refractivity contribution >= 4 is 27.2 Å². The van der Waals surface area contributed by atoms with Gasteiger partial charge in [-0.15, -0.1) is 11.3 Å². The molecule has 19 heavy (non-hydrogen) atoms. The first-order valence-corrected chi connectivity index (χ1v) is 7.07. The summed E-state index contributed by atoms with van der Waals surface area (Å²) in [5, 5.41) is 1.22. The van der Waals surface area contributed by atoms with Gasteiger partial charge in [0.25, 0.3) is 0 Å². The summed E-state index contributed by atoms with van der Waals surface area (Å²) in [4.78, 5) is 10.4. The van der Waals surface area contributed by atoms with E-state index in [0.29, 0.717) is 0 Å². The van der Waals surface area contributed by atoms with Gasteiger partial charge in [-0.25, -0.2) is 4.98 Å². The molecular weight excluding hydrogens is 254 g/mol. The fourth-order valence-electron chi connectivity index (χ4n) is 2.47. The molecule has 0 fully saturated rings. The fourth-order valence-corrected chi connectivity index (χ4v) is 3.42. The van der Waals surface area contributed by atoms with Crippen molar-refractivity contribution in [1.29, 1.82) is 0 Å². The number of hydrogen-bond donors (Lipinski definition) is 1. The smallest absolute Gasteiger partial charge is 0.194 e. The molecule has 3 heterocycles. The molecule has 4 aromatic rings. The van der Waals surface area contributed by atoms with Gasteiger partial charge in [-0.3, -0.25) is 4.40 Å². The average molecular weight is 267 g/mol. The molecule has 1 aromatic carbocycles. The third kappa shape index (κ3) is 1.47. The summed E-state index contributed by atoms with van der Waals surface area (Å²) in [6, 6.07) is 8.33. The van der Waals surface area contributed by atoms with Crippen LogP contribution in [0.15, 0.2) is 36.7 Å². The summed E-state index contributed by atoms with van der Waals surface area (Å²) in [5.74, 6) is 0. The molecule has 0 spiro atoms. The second-order valence-electron chi connectivity index (χ2n) is 4.77. The lowest BCUT2D eigenvalue weighted by Crippen LogP contribution is -1.81. The maximum absolute atomic E-state index is 4.75. The molecule has 0 aliphatic rings. The van der Waals surface area contributed by atoms with Gasteiger partial charge in [0.1, 0.15) is 0 Å². The topological polar surface area (TPSA) is 33.1 Å². The molecule has 0 bridgehead atoms. The Hall–Kier alpha value is -2.07. The Bertz CT molecular complexity index is 895. The minimum Gasteiger partial charge on any atom is -0.360 e. The summed E-state index contributed by atoms with van der Waals surface area (Å²) in [5.41, 5.74) is 4.63. The number of hydrogen-bond acceptors (Lipinski definition) is 2. The van der Waals surface area contributed by atoms with Gasteiger partial charge in [-0.05, 0) is 19.9 Å². The van der Waals surface area contributed by atoms with E-state index in [1.807, 2.05) is 12.3 Å². The van der Waals surface area contributed by atoms with Gasteiger partial charge < -0.3 is 4.98 Å².